The van der Waals surface area contributed by atoms with Crippen molar-refractivity contribution in [1.82, 2.24) is 9.80 Å². The molecule has 33 heavy (non-hydrogen) atoms. The number of anilines is 1. The normalized spacial score (nSPS) is 18.3. The van der Waals surface area contributed by atoms with Crippen molar-refractivity contribution in [3.05, 3.63) is 64.4 Å². The number of benzene rings is 2. The molecule has 2 aliphatic heterocycles. The molecule has 2 aromatic carbocycles. The summed E-state index contributed by atoms with van der Waals surface area (Å²) in [5, 5.41) is 0. The summed E-state index contributed by atoms with van der Waals surface area (Å²) >= 11 is 3.28. The lowest BCUT2D eigenvalue weighted by atomic mass is 9.85. The number of para-hydroxylation sites is 1. The molecule has 0 saturated carbocycles. The minimum absolute atomic E-state index is 0.0202. The number of hydrogen-bond acceptors (Lipinski definition) is 4. The molecule has 2 aliphatic rings. The van der Waals surface area contributed by atoms with Crippen molar-refractivity contribution < 1.29 is 14.0 Å². The number of hydrogen-bond donors (Lipinski definition) is 0. The molecular formula is C26H31BrFN3O2. The molecule has 1 spiro atoms. The molecule has 1 amide bonds. The first-order valence-electron chi connectivity index (χ1n) is 11.8. The molecule has 0 aromatic heterocycles. The summed E-state index contributed by atoms with van der Waals surface area (Å²) in [5.74, 6) is -0.0832. The van der Waals surface area contributed by atoms with Crippen molar-refractivity contribution in [3.63, 3.8) is 0 Å². The summed E-state index contributed by atoms with van der Waals surface area (Å²) in [4.78, 5) is 32.7. The predicted molar refractivity (Wildman–Crippen MR) is 132 cm³/mol. The van der Waals surface area contributed by atoms with Gasteiger partial charge in [0.05, 0.1) is 6.67 Å². The van der Waals surface area contributed by atoms with Crippen molar-refractivity contribution in [1.29, 1.82) is 0 Å². The largest absolute Gasteiger partial charge is 0.339 e. The van der Waals surface area contributed by atoms with Gasteiger partial charge in [-0.05, 0) is 78.5 Å². The Morgan fingerprint density at radius 2 is 1.82 bits per heavy atom. The quantitative estimate of drug-likeness (QED) is 0.458. The second-order valence-electron chi connectivity index (χ2n) is 9.00. The van der Waals surface area contributed by atoms with Gasteiger partial charge in [-0.3, -0.25) is 9.59 Å². The van der Waals surface area contributed by atoms with Crippen LogP contribution in [0.1, 0.15) is 49.4 Å². The molecule has 4 rings (SSSR count). The number of nitrogens with zero attached hydrogens (tertiary/aromatic N) is 3. The van der Waals surface area contributed by atoms with Crippen molar-refractivity contribution in [2.45, 2.75) is 44.6 Å². The third-order valence-corrected chi connectivity index (χ3v) is 7.52. The van der Waals surface area contributed by atoms with Gasteiger partial charge >= 0.3 is 0 Å². The van der Waals surface area contributed by atoms with Crippen LogP contribution in [0.15, 0.2) is 53.0 Å². The van der Waals surface area contributed by atoms with Gasteiger partial charge in [0.15, 0.2) is 5.78 Å². The maximum absolute atomic E-state index is 13.5. The van der Waals surface area contributed by atoms with E-state index in [0.717, 1.165) is 57.5 Å². The fourth-order valence-corrected chi connectivity index (χ4v) is 5.67. The topological polar surface area (TPSA) is 43.9 Å². The van der Waals surface area contributed by atoms with Crippen LogP contribution in [-0.4, -0.2) is 59.9 Å². The lowest BCUT2D eigenvalue weighted by Crippen LogP contribution is -2.56. The van der Waals surface area contributed by atoms with Crippen LogP contribution in [0, 0.1) is 5.82 Å². The minimum Gasteiger partial charge on any atom is -0.339 e. The molecular weight excluding hydrogens is 485 g/mol. The Balaban J connectivity index is 1.36. The van der Waals surface area contributed by atoms with Gasteiger partial charge in [-0.25, -0.2) is 4.39 Å². The molecule has 2 saturated heterocycles. The first kappa shape index (κ1) is 23.9. The van der Waals surface area contributed by atoms with E-state index in [2.05, 4.69) is 44.8 Å². The average Bonchev–Trinajstić information content (AvgIpc) is 3.07. The van der Waals surface area contributed by atoms with Crippen molar-refractivity contribution >= 4 is 33.3 Å². The molecule has 0 N–H and O–H groups in total. The van der Waals surface area contributed by atoms with Crippen molar-refractivity contribution in [3.8, 4) is 0 Å². The Labute approximate surface area is 203 Å². The van der Waals surface area contributed by atoms with Crippen molar-refractivity contribution in [2.24, 2.45) is 0 Å². The standard InChI is InChI=1S/C26H31BrFN3O2/c1-2-14-30-19-31(21-7-4-3-5-8-21)26(25(30)33)12-16-29(17-13-26)15-6-9-24(32)22-11-10-20(28)18-23(22)27/h3-5,7-8,10-11,18H,2,6,9,12-17,19H2,1H3. The van der Waals surface area contributed by atoms with E-state index in [-0.39, 0.29) is 17.5 Å². The highest BCUT2D eigenvalue weighted by molar-refractivity contribution is 9.10. The van der Waals surface area contributed by atoms with Gasteiger partial charge in [0.25, 0.3) is 0 Å². The van der Waals surface area contributed by atoms with Gasteiger partial charge in [-0.15, -0.1) is 0 Å². The minimum atomic E-state index is -0.470. The smallest absolute Gasteiger partial charge is 0.250 e. The van der Waals surface area contributed by atoms with E-state index in [1.54, 1.807) is 6.07 Å². The first-order chi connectivity index (χ1) is 15.9. The van der Waals surface area contributed by atoms with E-state index < -0.39 is 5.54 Å². The SMILES string of the molecule is CCCN1CN(c2ccccc2)C2(CCN(CCCC(=O)c3ccc(F)cc3Br)CC2)C1=O. The zero-order valence-electron chi connectivity index (χ0n) is 19.1. The van der Waals surface area contributed by atoms with E-state index in [9.17, 15) is 14.0 Å². The van der Waals surface area contributed by atoms with Crippen LogP contribution < -0.4 is 4.90 Å². The Kier molecular flexibility index (Phi) is 7.49. The van der Waals surface area contributed by atoms with Crippen LogP contribution in [0.2, 0.25) is 0 Å². The van der Waals surface area contributed by atoms with E-state index in [1.807, 2.05) is 23.1 Å². The number of piperidine rings is 1. The number of Topliss-reactive ketones (excluding diaryl/α,β-unsaturated/α-hetero) is 1. The fourth-order valence-electron chi connectivity index (χ4n) is 5.10. The number of carbonyl (C=O) groups is 2. The lowest BCUT2D eigenvalue weighted by Gasteiger charge is -2.43. The molecule has 7 heteroatoms. The molecule has 0 atom stereocenters. The highest BCUT2D eigenvalue weighted by atomic mass is 79.9. The van der Waals surface area contributed by atoms with Gasteiger partial charge < -0.3 is 14.7 Å². The fraction of sp³-hybridized carbons (Fsp3) is 0.462. The summed E-state index contributed by atoms with van der Waals surface area (Å²) in [6.45, 7) is 6.04. The van der Waals surface area contributed by atoms with E-state index >= 15 is 0 Å². The zero-order valence-corrected chi connectivity index (χ0v) is 20.7. The number of likely N-dealkylation sites (tertiary alicyclic amines) is 1. The molecule has 0 bridgehead atoms. The molecule has 5 nitrogen and oxygen atoms in total. The summed E-state index contributed by atoms with van der Waals surface area (Å²) in [5.41, 5.74) is 1.16. The van der Waals surface area contributed by atoms with Gasteiger partial charge in [0.2, 0.25) is 5.91 Å². The molecule has 0 unspecified atom stereocenters. The summed E-state index contributed by atoms with van der Waals surface area (Å²) in [6, 6.07) is 14.4. The van der Waals surface area contributed by atoms with E-state index in [0.29, 0.717) is 23.1 Å². The summed E-state index contributed by atoms with van der Waals surface area (Å²) < 4.78 is 13.8. The van der Waals surface area contributed by atoms with Gasteiger partial charge in [-0.2, -0.15) is 0 Å². The van der Waals surface area contributed by atoms with Crippen LogP contribution in [0.25, 0.3) is 0 Å². The number of halogens is 2. The molecule has 2 heterocycles. The summed E-state index contributed by atoms with van der Waals surface area (Å²) in [6.07, 6.45) is 3.70. The Morgan fingerprint density at radius 1 is 1.09 bits per heavy atom. The predicted octanol–water partition coefficient (Wildman–Crippen LogP) is 5.10. The van der Waals surface area contributed by atoms with E-state index in [1.165, 1.54) is 12.1 Å². The van der Waals surface area contributed by atoms with Gasteiger partial charge in [-0.1, -0.05) is 25.1 Å². The van der Waals surface area contributed by atoms with Gasteiger partial charge in [0.1, 0.15) is 11.4 Å². The van der Waals surface area contributed by atoms with Crippen LogP contribution >= 0.6 is 15.9 Å². The Hall–Kier alpha value is -2.25. The lowest BCUT2D eigenvalue weighted by molar-refractivity contribution is -0.133. The van der Waals surface area contributed by atoms with Gasteiger partial charge in [0, 0.05) is 41.8 Å². The van der Waals surface area contributed by atoms with Crippen LogP contribution in [0.3, 0.4) is 0 Å². The average molecular weight is 516 g/mol. The molecule has 176 valence electrons. The molecule has 0 aliphatic carbocycles. The first-order valence-corrected chi connectivity index (χ1v) is 12.6. The Morgan fingerprint density at radius 3 is 2.48 bits per heavy atom. The maximum Gasteiger partial charge on any atom is 0.250 e. The zero-order chi connectivity index (χ0) is 23.4. The van der Waals surface area contributed by atoms with Crippen LogP contribution in [-0.2, 0) is 4.79 Å². The molecule has 0 radical (unpaired) electrons. The third-order valence-electron chi connectivity index (χ3n) is 6.87. The molecule has 2 aromatic rings. The third kappa shape index (κ3) is 4.99. The molecule has 2 fully saturated rings. The highest BCUT2D eigenvalue weighted by Gasteiger charge is 2.53. The van der Waals surface area contributed by atoms with Crippen molar-refractivity contribution in [2.75, 3.05) is 37.7 Å². The number of ketones is 1. The maximum atomic E-state index is 13.5. The monoisotopic (exact) mass is 515 g/mol. The van der Waals surface area contributed by atoms with Crippen LogP contribution in [0.5, 0.6) is 0 Å². The second kappa shape index (κ2) is 10.3. The summed E-state index contributed by atoms with van der Waals surface area (Å²) in [7, 11) is 0. The Bertz CT molecular complexity index is 992. The number of amides is 1. The highest BCUT2D eigenvalue weighted by Crippen LogP contribution is 2.39. The number of rotatable bonds is 8. The number of carbonyl (C=O) groups excluding carboxylic acids is 2. The van der Waals surface area contributed by atoms with E-state index in [4.69, 9.17) is 0 Å². The van der Waals surface area contributed by atoms with Crippen LogP contribution in [0.4, 0.5) is 10.1 Å². The second-order valence-corrected chi connectivity index (χ2v) is 9.85.